The number of rotatable bonds is 3. The molecule has 140 valence electrons. The number of nitrogens with one attached hydrogen (secondary N) is 1. The second-order valence-electron chi connectivity index (χ2n) is 9.49. The Morgan fingerprint density at radius 3 is 2.24 bits per heavy atom. The molecule has 1 aromatic carbocycles. The van der Waals surface area contributed by atoms with E-state index in [9.17, 15) is 5.11 Å². The molecule has 0 aliphatic heterocycles. The highest BCUT2D eigenvalue weighted by molar-refractivity contribution is 5.85. The molecule has 2 N–H and O–H groups in total. The summed E-state index contributed by atoms with van der Waals surface area (Å²) in [7, 11) is 2.02. The van der Waals surface area contributed by atoms with Crippen molar-refractivity contribution in [2.75, 3.05) is 7.05 Å². The van der Waals surface area contributed by atoms with Gasteiger partial charge < -0.3 is 10.4 Å². The van der Waals surface area contributed by atoms with Gasteiger partial charge in [0.25, 0.3) is 0 Å². The third kappa shape index (κ3) is 4.84. The van der Waals surface area contributed by atoms with Crippen LogP contribution >= 0.6 is 0 Å². The van der Waals surface area contributed by atoms with Gasteiger partial charge in [-0.15, -0.1) is 0 Å². The quantitative estimate of drug-likeness (QED) is 0.763. The van der Waals surface area contributed by atoms with Gasteiger partial charge >= 0.3 is 0 Å². The molecule has 2 atom stereocenters. The van der Waals surface area contributed by atoms with Crippen molar-refractivity contribution in [3.63, 3.8) is 0 Å². The van der Waals surface area contributed by atoms with Crippen LogP contribution in [0.3, 0.4) is 0 Å². The second kappa shape index (κ2) is 7.49. The summed E-state index contributed by atoms with van der Waals surface area (Å²) in [5, 5.41) is 14.3. The van der Waals surface area contributed by atoms with Crippen LogP contribution in [-0.4, -0.2) is 30.5 Å². The van der Waals surface area contributed by atoms with Crippen LogP contribution in [0.2, 0.25) is 0 Å². The van der Waals surface area contributed by atoms with E-state index in [4.69, 9.17) is 4.99 Å². The molecule has 3 nitrogen and oxygen atoms in total. The zero-order chi connectivity index (χ0) is 18.8. The maximum Gasteiger partial charge on any atom is 0.128 e. The van der Waals surface area contributed by atoms with Gasteiger partial charge in [-0.2, -0.15) is 0 Å². The van der Waals surface area contributed by atoms with Crippen LogP contribution in [0, 0.1) is 0 Å². The van der Waals surface area contributed by atoms with Gasteiger partial charge in [0, 0.05) is 23.4 Å². The van der Waals surface area contributed by atoms with Crippen molar-refractivity contribution in [2.45, 2.75) is 90.1 Å². The fourth-order valence-corrected chi connectivity index (χ4v) is 3.56. The van der Waals surface area contributed by atoms with Gasteiger partial charge in [-0.25, -0.2) is 0 Å². The predicted molar refractivity (Wildman–Crippen MR) is 108 cm³/mol. The summed E-state index contributed by atoms with van der Waals surface area (Å²) in [4.78, 5) is 4.87. The summed E-state index contributed by atoms with van der Waals surface area (Å²) >= 11 is 0. The maximum absolute atomic E-state index is 10.9. The minimum Gasteiger partial charge on any atom is -0.507 e. The lowest BCUT2D eigenvalue weighted by Gasteiger charge is -2.29. The first-order valence-corrected chi connectivity index (χ1v) is 9.62. The summed E-state index contributed by atoms with van der Waals surface area (Å²) in [6.07, 6.45) is 6.71. The van der Waals surface area contributed by atoms with Gasteiger partial charge in [0.2, 0.25) is 0 Å². The topological polar surface area (TPSA) is 44.6 Å². The van der Waals surface area contributed by atoms with Gasteiger partial charge in [0.05, 0.1) is 6.04 Å². The van der Waals surface area contributed by atoms with Gasteiger partial charge in [0.1, 0.15) is 5.75 Å². The standard InChI is InChI=1S/C22H36N2O/c1-21(2,3)16-12-15(20(25)17(13-16)22(4,5)6)14-24-19-11-9-8-10-18(19)23-7/h12-14,18-19,23,25H,8-11H2,1-7H3/t18-,19?/m0/s1. The Morgan fingerprint density at radius 1 is 1.04 bits per heavy atom. The van der Waals surface area contributed by atoms with E-state index >= 15 is 0 Å². The fraction of sp³-hybridized carbons (Fsp3) is 0.682. The maximum atomic E-state index is 10.9. The number of benzene rings is 1. The molecule has 0 amide bonds. The Labute approximate surface area is 154 Å². The smallest absolute Gasteiger partial charge is 0.128 e. The highest BCUT2D eigenvalue weighted by Crippen LogP contribution is 2.37. The largest absolute Gasteiger partial charge is 0.507 e. The van der Waals surface area contributed by atoms with Crippen molar-refractivity contribution in [3.8, 4) is 5.75 Å². The molecular formula is C22H36N2O. The zero-order valence-corrected chi connectivity index (χ0v) is 17.1. The third-order valence-corrected chi connectivity index (χ3v) is 5.32. The Hall–Kier alpha value is -1.35. The molecular weight excluding hydrogens is 308 g/mol. The van der Waals surface area contributed by atoms with Crippen molar-refractivity contribution in [1.82, 2.24) is 5.32 Å². The first kappa shape index (κ1) is 20.0. The molecule has 0 radical (unpaired) electrons. The molecule has 1 unspecified atom stereocenters. The lowest BCUT2D eigenvalue weighted by Crippen LogP contribution is -2.39. The van der Waals surface area contributed by atoms with E-state index in [1.807, 2.05) is 13.3 Å². The van der Waals surface area contributed by atoms with E-state index in [2.05, 4.69) is 59.0 Å². The molecule has 0 saturated heterocycles. The Morgan fingerprint density at radius 2 is 1.68 bits per heavy atom. The van der Waals surface area contributed by atoms with Crippen molar-refractivity contribution < 1.29 is 5.11 Å². The number of nitrogens with zero attached hydrogens (tertiary/aromatic N) is 1. The molecule has 0 bridgehead atoms. The van der Waals surface area contributed by atoms with E-state index in [1.54, 1.807) is 0 Å². The minimum atomic E-state index is -0.105. The number of phenols is 1. The summed E-state index contributed by atoms with van der Waals surface area (Å²) in [5.74, 6) is 0.376. The average molecular weight is 345 g/mol. The van der Waals surface area contributed by atoms with Crippen LogP contribution in [0.15, 0.2) is 17.1 Å². The number of aromatic hydroxyl groups is 1. The van der Waals surface area contributed by atoms with Gasteiger partial charge in [0.15, 0.2) is 0 Å². The number of aliphatic imine (C=N–C) groups is 1. The van der Waals surface area contributed by atoms with E-state index in [0.29, 0.717) is 17.8 Å². The molecule has 1 aliphatic carbocycles. The normalized spacial score (nSPS) is 22.5. The fourth-order valence-electron chi connectivity index (χ4n) is 3.56. The minimum absolute atomic E-state index is 0.0363. The molecule has 1 fully saturated rings. The summed E-state index contributed by atoms with van der Waals surface area (Å²) < 4.78 is 0. The second-order valence-corrected chi connectivity index (χ2v) is 9.49. The van der Waals surface area contributed by atoms with E-state index in [0.717, 1.165) is 17.5 Å². The number of likely N-dealkylation sites (N-methyl/N-ethyl adjacent to an activating group) is 1. The lowest BCUT2D eigenvalue weighted by molar-refractivity contribution is 0.346. The number of hydrogen-bond donors (Lipinski definition) is 2. The molecule has 2 rings (SSSR count). The molecule has 0 heterocycles. The van der Waals surface area contributed by atoms with E-state index in [-0.39, 0.29) is 10.8 Å². The number of phenolic OH excluding ortho intramolecular Hbond substituents is 1. The van der Waals surface area contributed by atoms with Crippen LogP contribution in [0.5, 0.6) is 5.75 Å². The van der Waals surface area contributed by atoms with Crippen molar-refractivity contribution in [1.29, 1.82) is 0 Å². The highest BCUT2D eigenvalue weighted by Gasteiger charge is 2.25. The number of hydrogen-bond acceptors (Lipinski definition) is 3. The van der Waals surface area contributed by atoms with Crippen LogP contribution in [0.1, 0.15) is 83.9 Å². The van der Waals surface area contributed by atoms with Crippen molar-refractivity contribution in [3.05, 3.63) is 28.8 Å². The van der Waals surface area contributed by atoms with Crippen LogP contribution < -0.4 is 5.32 Å². The molecule has 0 aromatic heterocycles. The van der Waals surface area contributed by atoms with Gasteiger partial charge in [-0.3, -0.25) is 4.99 Å². The summed E-state index contributed by atoms with van der Waals surface area (Å²) in [6.45, 7) is 13.1. The first-order chi connectivity index (χ1) is 11.5. The zero-order valence-electron chi connectivity index (χ0n) is 17.1. The first-order valence-electron chi connectivity index (χ1n) is 9.62. The van der Waals surface area contributed by atoms with Crippen LogP contribution in [-0.2, 0) is 10.8 Å². The average Bonchev–Trinajstić information content (AvgIpc) is 2.51. The SMILES string of the molecule is CN[C@H]1CCCCC1N=Cc1cc(C(C)(C)C)cc(C(C)(C)C)c1O. The van der Waals surface area contributed by atoms with Crippen molar-refractivity contribution in [2.24, 2.45) is 4.99 Å². The summed E-state index contributed by atoms with van der Waals surface area (Å²) in [5.41, 5.74) is 3.01. The Bertz CT molecular complexity index is 620. The Balaban J connectivity index is 2.43. The van der Waals surface area contributed by atoms with E-state index in [1.165, 1.54) is 24.8 Å². The van der Waals surface area contributed by atoms with Crippen LogP contribution in [0.25, 0.3) is 0 Å². The molecule has 1 aliphatic rings. The molecule has 1 saturated carbocycles. The summed E-state index contributed by atoms with van der Waals surface area (Å²) in [6, 6.07) is 5.00. The van der Waals surface area contributed by atoms with Gasteiger partial charge in [-0.05, 0) is 42.3 Å². The van der Waals surface area contributed by atoms with Gasteiger partial charge in [-0.1, -0.05) is 60.5 Å². The van der Waals surface area contributed by atoms with Crippen LogP contribution in [0.4, 0.5) is 0 Å². The molecule has 0 spiro atoms. The van der Waals surface area contributed by atoms with E-state index < -0.39 is 0 Å². The highest BCUT2D eigenvalue weighted by atomic mass is 16.3. The van der Waals surface area contributed by atoms with Crippen molar-refractivity contribution >= 4 is 6.21 Å². The predicted octanol–water partition coefficient (Wildman–Crippen LogP) is 4.94. The molecule has 1 aromatic rings. The Kier molecular flexibility index (Phi) is 5.98. The third-order valence-electron chi connectivity index (χ3n) is 5.32. The lowest BCUT2D eigenvalue weighted by atomic mass is 9.79. The molecule has 25 heavy (non-hydrogen) atoms. The monoisotopic (exact) mass is 344 g/mol. The molecule has 3 heteroatoms.